The lowest BCUT2D eigenvalue weighted by molar-refractivity contribution is -0.114. The maximum absolute atomic E-state index is 13.7. The van der Waals surface area contributed by atoms with Crippen LogP contribution in [-0.2, 0) is 11.3 Å². The van der Waals surface area contributed by atoms with E-state index in [1.807, 2.05) is 0 Å². The molecule has 0 N–H and O–H groups in total. The Kier molecular flexibility index (Phi) is 3.13. The summed E-state index contributed by atoms with van der Waals surface area (Å²) in [7, 11) is 0. The van der Waals surface area contributed by atoms with Crippen LogP contribution >= 0.6 is 11.6 Å². The molecule has 1 aliphatic rings. The van der Waals surface area contributed by atoms with Gasteiger partial charge in [0.2, 0.25) is 0 Å². The molecule has 1 aromatic heterocycles. The standard InChI is InChI=1S/C13H6ClF2N3O2/c14-10-4-17-7(3-18-10)5-19-9-2-6(15)1-8(16)11(9)12(20)13(19)21/h1-4H,5H2. The summed E-state index contributed by atoms with van der Waals surface area (Å²) in [5.41, 5.74) is -0.208. The van der Waals surface area contributed by atoms with Crippen molar-refractivity contribution in [3.8, 4) is 0 Å². The average Bonchev–Trinajstić information content (AvgIpc) is 2.66. The fourth-order valence-corrected chi connectivity index (χ4v) is 2.17. The molecule has 0 atom stereocenters. The van der Waals surface area contributed by atoms with Crippen molar-refractivity contribution < 1.29 is 18.4 Å². The molecule has 0 saturated carbocycles. The second kappa shape index (κ2) is 4.85. The Morgan fingerprint density at radius 3 is 2.57 bits per heavy atom. The van der Waals surface area contributed by atoms with Crippen molar-refractivity contribution in [1.82, 2.24) is 9.97 Å². The molecule has 0 saturated heterocycles. The topological polar surface area (TPSA) is 63.2 Å². The lowest BCUT2D eigenvalue weighted by Gasteiger charge is -2.15. The smallest absolute Gasteiger partial charge is 0.298 e. The van der Waals surface area contributed by atoms with Gasteiger partial charge in [0.15, 0.2) is 0 Å². The quantitative estimate of drug-likeness (QED) is 0.797. The number of amides is 1. The third kappa shape index (κ3) is 2.25. The average molecular weight is 310 g/mol. The summed E-state index contributed by atoms with van der Waals surface area (Å²) in [5, 5.41) is 0.167. The molecular weight excluding hydrogens is 304 g/mol. The largest absolute Gasteiger partial charge is 0.299 e. The summed E-state index contributed by atoms with van der Waals surface area (Å²) in [6, 6.07) is 1.50. The summed E-state index contributed by atoms with van der Waals surface area (Å²) < 4.78 is 27.0. The fraction of sp³-hybridized carbons (Fsp3) is 0.0769. The first kappa shape index (κ1) is 13.6. The number of rotatable bonds is 2. The molecule has 2 aromatic rings. The molecule has 0 unspecified atom stereocenters. The highest BCUT2D eigenvalue weighted by Gasteiger charge is 2.39. The predicted molar refractivity (Wildman–Crippen MR) is 68.9 cm³/mol. The van der Waals surface area contributed by atoms with Crippen molar-refractivity contribution in [2.24, 2.45) is 0 Å². The van der Waals surface area contributed by atoms with Crippen LogP contribution in [0.2, 0.25) is 5.15 Å². The van der Waals surface area contributed by atoms with E-state index in [0.29, 0.717) is 11.8 Å². The van der Waals surface area contributed by atoms with Gasteiger partial charge in [0.05, 0.1) is 35.9 Å². The summed E-state index contributed by atoms with van der Waals surface area (Å²) in [6.45, 7) is -0.134. The summed E-state index contributed by atoms with van der Waals surface area (Å²) in [6.07, 6.45) is 2.58. The molecule has 8 heteroatoms. The normalized spacial score (nSPS) is 13.8. The number of carbonyl (C=O) groups excluding carboxylic acids is 2. The van der Waals surface area contributed by atoms with Crippen LogP contribution in [0.25, 0.3) is 0 Å². The Morgan fingerprint density at radius 2 is 1.90 bits per heavy atom. The minimum Gasteiger partial charge on any atom is -0.298 e. The summed E-state index contributed by atoms with van der Waals surface area (Å²) >= 11 is 5.60. The molecular formula is C13H6ClF2N3O2. The van der Waals surface area contributed by atoms with E-state index < -0.39 is 28.9 Å². The number of hydrogen-bond donors (Lipinski definition) is 0. The van der Waals surface area contributed by atoms with E-state index in [9.17, 15) is 18.4 Å². The van der Waals surface area contributed by atoms with E-state index in [-0.39, 0.29) is 17.4 Å². The van der Waals surface area contributed by atoms with Crippen molar-refractivity contribution in [2.75, 3.05) is 4.90 Å². The second-order valence-corrected chi connectivity index (χ2v) is 4.72. The minimum atomic E-state index is -1.06. The zero-order valence-electron chi connectivity index (χ0n) is 10.3. The number of ketones is 1. The first-order valence-electron chi connectivity index (χ1n) is 5.79. The van der Waals surface area contributed by atoms with E-state index in [1.54, 1.807) is 0 Å². The van der Waals surface area contributed by atoms with Gasteiger partial charge < -0.3 is 0 Å². The molecule has 1 aliphatic heterocycles. The fourth-order valence-electron chi connectivity index (χ4n) is 2.08. The van der Waals surface area contributed by atoms with E-state index in [2.05, 4.69) is 9.97 Å². The number of anilines is 1. The first-order chi connectivity index (χ1) is 9.97. The van der Waals surface area contributed by atoms with Crippen molar-refractivity contribution >= 4 is 29.0 Å². The molecule has 3 rings (SSSR count). The number of aromatic nitrogens is 2. The van der Waals surface area contributed by atoms with Crippen molar-refractivity contribution in [2.45, 2.75) is 6.54 Å². The van der Waals surface area contributed by atoms with Gasteiger partial charge in [-0.1, -0.05) is 11.6 Å². The molecule has 0 radical (unpaired) electrons. The molecule has 21 heavy (non-hydrogen) atoms. The number of carbonyl (C=O) groups is 2. The number of nitrogens with zero attached hydrogens (tertiary/aromatic N) is 3. The highest BCUT2D eigenvalue weighted by molar-refractivity contribution is 6.52. The maximum Gasteiger partial charge on any atom is 0.299 e. The van der Waals surface area contributed by atoms with Gasteiger partial charge in [0, 0.05) is 6.07 Å². The molecule has 1 amide bonds. The molecule has 1 aromatic carbocycles. The van der Waals surface area contributed by atoms with E-state index in [4.69, 9.17) is 11.6 Å². The van der Waals surface area contributed by atoms with Crippen LogP contribution < -0.4 is 4.90 Å². The lowest BCUT2D eigenvalue weighted by atomic mass is 10.1. The number of halogens is 3. The Bertz CT molecular complexity index is 765. The number of fused-ring (bicyclic) bond motifs is 1. The molecule has 0 spiro atoms. The van der Waals surface area contributed by atoms with E-state index in [1.165, 1.54) is 12.4 Å². The summed E-state index contributed by atoms with van der Waals surface area (Å²) in [4.78, 5) is 32.4. The van der Waals surface area contributed by atoms with Gasteiger partial charge in [-0.15, -0.1) is 0 Å². The van der Waals surface area contributed by atoms with E-state index >= 15 is 0 Å². The Balaban J connectivity index is 2.03. The Hall–Kier alpha value is -2.41. The van der Waals surface area contributed by atoms with Crippen LogP contribution in [0.4, 0.5) is 14.5 Å². The monoisotopic (exact) mass is 309 g/mol. The van der Waals surface area contributed by atoms with Gasteiger partial charge in [-0.05, 0) is 6.07 Å². The van der Waals surface area contributed by atoms with Crippen LogP contribution in [0.5, 0.6) is 0 Å². The van der Waals surface area contributed by atoms with Crippen LogP contribution in [0.3, 0.4) is 0 Å². The third-order valence-corrected chi connectivity index (χ3v) is 3.18. The van der Waals surface area contributed by atoms with Crippen molar-refractivity contribution in [3.05, 3.63) is 52.6 Å². The predicted octanol–water partition coefficient (Wildman–Crippen LogP) is 2.14. The molecule has 0 aliphatic carbocycles. The highest BCUT2D eigenvalue weighted by Crippen LogP contribution is 2.32. The van der Waals surface area contributed by atoms with Gasteiger partial charge in [0.25, 0.3) is 11.7 Å². The highest BCUT2D eigenvalue weighted by atomic mass is 35.5. The SMILES string of the molecule is O=C1C(=O)N(Cc2cnc(Cl)cn2)c2cc(F)cc(F)c21. The third-order valence-electron chi connectivity index (χ3n) is 2.99. The number of Topliss-reactive ketones (excluding diaryl/α,β-unsaturated/α-hetero) is 1. The van der Waals surface area contributed by atoms with Crippen LogP contribution in [-0.4, -0.2) is 21.7 Å². The van der Waals surface area contributed by atoms with Gasteiger partial charge in [-0.25, -0.2) is 13.8 Å². The molecule has 2 heterocycles. The minimum absolute atomic E-state index is 0.112. The Morgan fingerprint density at radius 1 is 1.14 bits per heavy atom. The van der Waals surface area contributed by atoms with Gasteiger partial charge >= 0.3 is 0 Å². The zero-order valence-corrected chi connectivity index (χ0v) is 11.1. The van der Waals surface area contributed by atoms with Crippen LogP contribution in [0.15, 0.2) is 24.5 Å². The molecule has 5 nitrogen and oxygen atoms in total. The molecule has 0 fully saturated rings. The second-order valence-electron chi connectivity index (χ2n) is 4.33. The first-order valence-corrected chi connectivity index (χ1v) is 6.17. The lowest BCUT2D eigenvalue weighted by Crippen LogP contribution is -2.29. The Labute approximate surface area is 122 Å². The maximum atomic E-state index is 13.7. The van der Waals surface area contributed by atoms with Gasteiger partial charge in [-0.3, -0.25) is 19.5 Å². The molecule has 0 bridgehead atoms. The van der Waals surface area contributed by atoms with Crippen LogP contribution in [0, 0.1) is 11.6 Å². The van der Waals surface area contributed by atoms with Gasteiger partial charge in [-0.2, -0.15) is 0 Å². The van der Waals surface area contributed by atoms with Crippen molar-refractivity contribution in [3.63, 3.8) is 0 Å². The van der Waals surface area contributed by atoms with E-state index in [0.717, 1.165) is 11.0 Å². The molecule has 106 valence electrons. The number of benzene rings is 1. The zero-order chi connectivity index (χ0) is 15.1. The number of hydrogen-bond acceptors (Lipinski definition) is 4. The van der Waals surface area contributed by atoms with Crippen LogP contribution in [0.1, 0.15) is 16.1 Å². The van der Waals surface area contributed by atoms with Crippen molar-refractivity contribution in [1.29, 1.82) is 0 Å². The summed E-state index contributed by atoms with van der Waals surface area (Å²) in [5.74, 6) is -3.88. The van der Waals surface area contributed by atoms with Gasteiger partial charge in [0.1, 0.15) is 16.8 Å².